The zero-order valence-electron chi connectivity index (χ0n) is 11.1. The number of allylic oxidation sites excluding steroid dienone is 1. The maximum Gasteiger partial charge on any atom is 1.00 e. The Hall–Kier alpha value is -1.05. The number of rotatable bonds is 3. The second-order valence-electron chi connectivity index (χ2n) is 4.28. The van der Waals surface area contributed by atoms with Gasteiger partial charge in [0.05, 0.1) is 5.60 Å². The minimum atomic E-state index is -1.08. The first-order valence-corrected chi connectivity index (χ1v) is 5.05. The summed E-state index contributed by atoms with van der Waals surface area (Å²) in [6, 6.07) is 4.91. The van der Waals surface area contributed by atoms with Gasteiger partial charge in [-0.2, -0.15) is 0 Å². The summed E-state index contributed by atoms with van der Waals surface area (Å²) in [7, 11) is 0. The van der Waals surface area contributed by atoms with Gasteiger partial charge in [-0.15, -0.1) is 0 Å². The van der Waals surface area contributed by atoms with E-state index in [0.717, 1.165) is 5.56 Å². The van der Waals surface area contributed by atoms with Gasteiger partial charge in [-0.3, -0.25) is 4.79 Å². The monoisotopic (exact) mass is 260 g/mol. The van der Waals surface area contributed by atoms with Crippen molar-refractivity contribution < 1.29 is 39.3 Å². The molecule has 0 fully saturated rings. The van der Waals surface area contributed by atoms with Crippen molar-refractivity contribution in [1.29, 1.82) is 0 Å². The molecular weight excluding hydrogens is 239 g/mol. The maximum atomic E-state index is 10.7. The van der Waals surface area contributed by atoms with Crippen LogP contribution in [0.25, 0.3) is 6.08 Å². The van der Waals surface area contributed by atoms with E-state index in [1.807, 2.05) is 0 Å². The number of carbonyl (C=O) groups excluding carboxylic acids is 1. The molecule has 1 rings (SSSR count). The van der Waals surface area contributed by atoms with Crippen LogP contribution >= 0.6 is 0 Å². The zero-order valence-corrected chi connectivity index (χ0v) is 11.1. The number of ketones is 1. The van der Waals surface area contributed by atoms with E-state index in [1.165, 1.54) is 19.1 Å². The van der Waals surface area contributed by atoms with Crippen molar-refractivity contribution in [3.05, 3.63) is 35.4 Å². The van der Waals surface area contributed by atoms with E-state index >= 15 is 0 Å². The number of benzene rings is 1. The number of aliphatic hydroxyl groups is 1. The number of aromatic hydroxyl groups is 1. The molecule has 0 saturated heterocycles. The van der Waals surface area contributed by atoms with Crippen molar-refractivity contribution in [3.8, 4) is 5.75 Å². The minimum absolute atomic E-state index is 0. The van der Waals surface area contributed by atoms with Gasteiger partial charge in [-0.25, -0.2) is 0 Å². The molecule has 0 atom stereocenters. The second kappa shape index (κ2) is 8.95. The summed E-state index contributed by atoms with van der Waals surface area (Å²) >= 11 is 0. The average Bonchev–Trinajstić information content (AvgIpc) is 2.12. The van der Waals surface area contributed by atoms with Gasteiger partial charge in [0.2, 0.25) is 0 Å². The molecule has 0 aromatic heterocycles. The van der Waals surface area contributed by atoms with E-state index in [0.29, 0.717) is 5.56 Å². The number of phenolic OH excluding ortho intramolecular Hbond substituents is 1. The van der Waals surface area contributed by atoms with E-state index in [4.69, 9.17) is 0 Å². The van der Waals surface area contributed by atoms with E-state index in [-0.39, 0.29) is 43.3 Å². The quantitative estimate of drug-likeness (QED) is 0.576. The smallest absolute Gasteiger partial charge is 0.870 e. The molecule has 0 aliphatic heterocycles. The van der Waals surface area contributed by atoms with Crippen LogP contribution in [0.4, 0.5) is 0 Å². The van der Waals surface area contributed by atoms with Crippen LogP contribution in [0.3, 0.4) is 0 Å². The molecule has 102 valence electrons. The Morgan fingerprint density at radius 3 is 2.21 bits per heavy atom. The van der Waals surface area contributed by atoms with Crippen molar-refractivity contribution in [2.24, 2.45) is 0 Å². The molecule has 0 amide bonds. The Labute approximate surface area is 126 Å². The number of phenols is 1. The molecule has 0 saturated carbocycles. The summed E-state index contributed by atoms with van der Waals surface area (Å²) in [6.07, 6.45) is 3.05. The molecule has 3 N–H and O–H groups in total. The fourth-order valence-corrected chi connectivity index (χ4v) is 1.38. The molecular formula is C14H21LiO4. The predicted octanol–water partition coefficient (Wildman–Crippen LogP) is -0.315. The molecule has 0 aliphatic rings. The third-order valence-electron chi connectivity index (χ3n) is 2.19. The van der Waals surface area contributed by atoms with Crippen LogP contribution in [0.1, 0.15) is 39.3 Å². The van der Waals surface area contributed by atoms with Gasteiger partial charge >= 0.3 is 18.9 Å². The summed E-state index contributed by atoms with van der Waals surface area (Å²) in [5, 5.41) is 19.5. The summed E-state index contributed by atoms with van der Waals surface area (Å²) < 4.78 is 0. The van der Waals surface area contributed by atoms with Crippen LogP contribution in [0, 0.1) is 0 Å². The van der Waals surface area contributed by atoms with Crippen molar-refractivity contribution in [2.75, 3.05) is 0 Å². The van der Waals surface area contributed by atoms with Crippen LogP contribution in [0.5, 0.6) is 5.75 Å². The topological polar surface area (TPSA) is 87.5 Å². The minimum Gasteiger partial charge on any atom is -0.870 e. The van der Waals surface area contributed by atoms with Gasteiger partial charge in [-0.05, 0) is 38.5 Å². The van der Waals surface area contributed by atoms with Crippen LogP contribution in [-0.4, -0.2) is 21.5 Å². The molecule has 5 heteroatoms. The first-order chi connectivity index (χ1) is 7.30. The standard InChI is InChI=1S/C13H16O3.CH4.Li.H2O/c1-9(14)4-5-10-6-7-11(12(15)8-10)13(2,3)16;;;/h4-8,15-16H,1-3H3;1H4;;1H2/q;;+1;/p-1/b5-4+;;;. The van der Waals surface area contributed by atoms with Crippen molar-refractivity contribution in [1.82, 2.24) is 0 Å². The molecule has 0 heterocycles. The van der Waals surface area contributed by atoms with Crippen molar-refractivity contribution >= 4 is 11.9 Å². The molecule has 4 nitrogen and oxygen atoms in total. The van der Waals surface area contributed by atoms with Gasteiger partial charge in [0.25, 0.3) is 0 Å². The molecule has 1 aromatic rings. The summed E-state index contributed by atoms with van der Waals surface area (Å²) in [4.78, 5) is 10.7. The molecule has 1 aromatic carbocycles. The predicted molar refractivity (Wildman–Crippen MR) is 71.7 cm³/mol. The Morgan fingerprint density at radius 2 is 1.84 bits per heavy atom. The third kappa shape index (κ3) is 7.19. The molecule has 0 spiro atoms. The van der Waals surface area contributed by atoms with Gasteiger partial charge in [0, 0.05) is 5.56 Å². The summed E-state index contributed by atoms with van der Waals surface area (Å²) in [6.45, 7) is 4.67. The molecule has 19 heavy (non-hydrogen) atoms. The van der Waals surface area contributed by atoms with Crippen LogP contribution in [0.15, 0.2) is 24.3 Å². The normalized spacial score (nSPS) is 10.1. The third-order valence-corrected chi connectivity index (χ3v) is 2.19. The first kappa shape index (κ1) is 23.1. The Kier molecular flexibility index (Phi) is 10.9. The van der Waals surface area contributed by atoms with Gasteiger partial charge < -0.3 is 15.7 Å². The van der Waals surface area contributed by atoms with E-state index in [9.17, 15) is 15.0 Å². The van der Waals surface area contributed by atoms with Crippen LogP contribution in [-0.2, 0) is 10.4 Å². The number of hydrogen-bond acceptors (Lipinski definition) is 4. The first-order valence-electron chi connectivity index (χ1n) is 5.05. The average molecular weight is 260 g/mol. The molecule has 0 aliphatic carbocycles. The number of carbonyl (C=O) groups is 1. The van der Waals surface area contributed by atoms with Crippen molar-refractivity contribution in [3.63, 3.8) is 0 Å². The van der Waals surface area contributed by atoms with Gasteiger partial charge in [-0.1, -0.05) is 25.6 Å². The largest absolute Gasteiger partial charge is 1.00 e. The molecule has 0 radical (unpaired) electrons. The van der Waals surface area contributed by atoms with Crippen LogP contribution in [0.2, 0.25) is 0 Å². The second-order valence-corrected chi connectivity index (χ2v) is 4.28. The Morgan fingerprint density at radius 1 is 1.32 bits per heavy atom. The summed E-state index contributed by atoms with van der Waals surface area (Å²) in [5.41, 5.74) is 0.112. The Balaban J connectivity index is -0.000000853. The van der Waals surface area contributed by atoms with E-state index in [2.05, 4.69) is 0 Å². The van der Waals surface area contributed by atoms with E-state index in [1.54, 1.807) is 32.1 Å². The fraction of sp³-hybridized carbons (Fsp3) is 0.357. The van der Waals surface area contributed by atoms with Crippen molar-refractivity contribution in [2.45, 2.75) is 33.8 Å². The zero-order chi connectivity index (χ0) is 12.3. The Bertz CT molecular complexity index is 434. The molecule has 0 bridgehead atoms. The molecule has 0 unspecified atom stereocenters. The van der Waals surface area contributed by atoms with Gasteiger partial charge in [0.15, 0.2) is 5.78 Å². The SMILES string of the molecule is C.CC(=O)/C=C/c1ccc(C(C)(C)O)c(O)c1.[Li+].[OH-]. The maximum absolute atomic E-state index is 10.7. The van der Waals surface area contributed by atoms with Crippen LogP contribution < -0.4 is 18.9 Å². The fourth-order valence-electron chi connectivity index (χ4n) is 1.38. The number of hydrogen-bond donors (Lipinski definition) is 2. The van der Waals surface area contributed by atoms with E-state index < -0.39 is 5.60 Å². The summed E-state index contributed by atoms with van der Waals surface area (Å²) in [5.74, 6) is -0.0238. The van der Waals surface area contributed by atoms with Gasteiger partial charge in [0.1, 0.15) is 5.75 Å².